The van der Waals surface area contributed by atoms with Crippen molar-refractivity contribution in [3.63, 3.8) is 0 Å². The molecule has 1 rings (SSSR count). The van der Waals surface area contributed by atoms with E-state index in [0.717, 1.165) is 31.7 Å². The molecule has 1 heterocycles. The summed E-state index contributed by atoms with van der Waals surface area (Å²) < 4.78 is 0. The highest BCUT2D eigenvalue weighted by atomic mass is 15.2. The molecular weight excluding hydrogens is 188 g/mol. The van der Waals surface area contributed by atoms with E-state index >= 15 is 0 Å². The fraction of sp³-hybridized carbons (Fsp3) is 0.636. The van der Waals surface area contributed by atoms with E-state index in [-0.39, 0.29) is 0 Å². The summed E-state index contributed by atoms with van der Waals surface area (Å²) in [5.41, 5.74) is 0. The van der Waals surface area contributed by atoms with E-state index in [1.165, 1.54) is 0 Å². The third-order valence-electron chi connectivity index (χ3n) is 2.18. The Kier molecular flexibility index (Phi) is 4.87. The van der Waals surface area contributed by atoms with Crippen LogP contribution in [0.1, 0.15) is 26.7 Å². The third kappa shape index (κ3) is 3.38. The molecule has 0 bridgehead atoms. The molecule has 0 spiro atoms. The molecule has 0 fully saturated rings. The molecule has 0 aliphatic rings. The number of rotatable bonds is 6. The van der Waals surface area contributed by atoms with Crippen LogP contribution in [0.25, 0.3) is 0 Å². The largest absolute Gasteiger partial charge is 0.357 e. The van der Waals surface area contributed by atoms with Gasteiger partial charge in [0.2, 0.25) is 5.95 Å². The monoisotopic (exact) mass is 208 g/mol. The Morgan fingerprint density at radius 1 is 1.27 bits per heavy atom. The molecule has 84 valence electrons. The van der Waals surface area contributed by atoms with E-state index in [9.17, 15) is 0 Å². The van der Waals surface area contributed by atoms with Crippen LogP contribution < -0.4 is 10.2 Å². The van der Waals surface area contributed by atoms with Crippen molar-refractivity contribution in [3.8, 4) is 0 Å². The molecule has 15 heavy (non-hydrogen) atoms. The minimum absolute atomic E-state index is 0.685. The molecule has 0 unspecified atom stereocenters. The van der Waals surface area contributed by atoms with Gasteiger partial charge in [-0.1, -0.05) is 13.8 Å². The van der Waals surface area contributed by atoms with Crippen LogP contribution in [0, 0.1) is 0 Å². The molecule has 1 N–H and O–H groups in total. The second kappa shape index (κ2) is 6.22. The number of nitrogens with zero attached hydrogens (tertiary/aromatic N) is 3. The molecule has 0 radical (unpaired) electrons. The first kappa shape index (κ1) is 11.8. The summed E-state index contributed by atoms with van der Waals surface area (Å²) in [5.74, 6) is 1.70. The lowest BCUT2D eigenvalue weighted by molar-refractivity contribution is 0.733. The average molecular weight is 208 g/mol. The Labute approximate surface area is 91.7 Å². The van der Waals surface area contributed by atoms with Crippen molar-refractivity contribution in [2.45, 2.75) is 26.7 Å². The summed E-state index contributed by atoms with van der Waals surface area (Å²) in [6.07, 6.45) is 4.07. The van der Waals surface area contributed by atoms with Gasteiger partial charge in [0, 0.05) is 26.3 Å². The van der Waals surface area contributed by atoms with Gasteiger partial charge in [-0.2, -0.15) is 4.98 Å². The topological polar surface area (TPSA) is 41.1 Å². The van der Waals surface area contributed by atoms with E-state index in [4.69, 9.17) is 0 Å². The average Bonchev–Trinajstić information content (AvgIpc) is 2.29. The van der Waals surface area contributed by atoms with Crippen LogP contribution >= 0.6 is 0 Å². The zero-order chi connectivity index (χ0) is 11.1. The molecule has 0 atom stereocenters. The van der Waals surface area contributed by atoms with Crippen LogP contribution in [0.5, 0.6) is 0 Å². The fourth-order valence-electron chi connectivity index (χ4n) is 1.53. The Balaban J connectivity index is 2.79. The Bertz CT molecular complexity index is 282. The summed E-state index contributed by atoms with van der Waals surface area (Å²) in [4.78, 5) is 10.8. The van der Waals surface area contributed by atoms with E-state index in [2.05, 4.69) is 34.0 Å². The molecule has 0 amide bonds. The normalized spacial score (nSPS) is 10.1. The van der Waals surface area contributed by atoms with Crippen LogP contribution in [0.2, 0.25) is 0 Å². The summed E-state index contributed by atoms with van der Waals surface area (Å²) in [5, 5.41) is 2.96. The summed E-state index contributed by atoms with van der Waals surface area (Å²) in [6, 6.07) is 1.96. The van der Waals surface area contributed by atoms with Gasteiger partial charge >= 0.3 is 0 Å². The van der Waals surface area contributed by atoms with E-state index in [1.54, 1.807) is 6.20 Å². The number of hydrogen-bond donors (Lipinski definition) is 1. The van der Waals surface area contributed by atoms with Gasteiger partial charge in [0.15, 0.2) is 0 Å². The van der Waals surface area contributed by atoms with Gasteiger partial charge in [-0.3, -0.25) is 0 Å². The third-order valence-corrected chi connectivity index (χ3v) is 2.18. The zero-order valence-electron chi connectivity index (χ0n) is 9.82. The van der Waals surface area contributed by atoms with Crippen molar-refractivity contribution in [1.82, 2.24) is 9.97 Å². The quantitative estimate of drug-likeness (QED) is 0.777. The molecule has 1 aromatic heterocycles. The standard InChI is InChI=1S/C11H20N4/c1-4-8-15(9-5-2)10-6-7-13-11(12-3)14-10/h6-7H,4-5,8-9H2,1-3H3,(H,12,13,14). The van der Waals surface area contributed by atoms with Crippen LogP contribution in [-0.4, -0.2) is 30.1 Å². The molecule has 0 saturated carbocycles. The molecule has 4 nitrogen and oxygen atoms in total. The van der Waals surface area contributed by atoms with Crippen LogP contribution in [0.4, 0.5) is 11.8 Å². The van der Waals surface area contributed by atoms with Gasteiger partial charge < -0.3 is 10.2 Å². The van der Waals surface area contributed by atoms with Crippen LogP contribution in [0.3, 0.4) is 0 Å². The minimum atomic E-state index is 0.685. The van der Waals surface area contributed by atoms with E-state index in [1.807, 2.05) is 13.1 Å². The smallest absolute Gasteiger partial charge is 0.224 e. The molecule has 0 aromatic carbocycles. The molecule has 0 aliphatic heterocycles. The predicted octanol–water partition coefficient (Wildman–Crippen LogP) is 2.14. The van der Waals surface area contributed by atoms with Gasteiger partial charge in [0.05, 0.1) is 0 Å². The lowest BCUT2D eigenvalue weighted by Crippen LogP contribution is -2.26. The van der Waals surface area contributed by atoms with Crippen molar-refractivity contribution in [2.24, 2.45) is 0 Å². The Morgan fingerprint density at radius 2 is 1.93 bits per heavy atom. The lowest BCUT2D eigenvalue weighted by Gasteiger charge is -2.22. The molecule has 4 heteroatoms. The summed E-state index contributed by atoms with van der Waals surface area (Å²) in [6.45, 7) is 6.47. The van der Waals surface area contributed by atoms with Crippen LogP contribution in [0.15, 0.2) is 12.3 Å². The van der Waals surface area contributed by atoms with Crippen molar-refractivity contribution in [1.29, 1.82) is 0 Å². The van der Waals surface area contributed by atoms with Gasteiger partial charge in [0.25, 0.3) is 0 Å². The highest BCUT2D eigenvalue weighted by Crippen LogP contribution is 2.12. The van der Waals surface area contributed by atoms with Gasteiger partial charge in [-0.05, 0) is 18.9 Å². The minimum Gasteiger partial charge on any atom is -0.357 e. The highest BCUT2D eigenvalue weighted by Gasteiger charge is 2.06. The first-order valence-corrected chi connectivity index (χ1v) is 5.57. The highest BCUT2D eigenvalue weighted by molar-refractivity contribution is 5.42. The van der Waals surface area contributed by atoms with Crippen molar-refractivity contribution in [2.75, 3.05) is 30.4 Å². The Morgan fingerprint density at radius 3 is 2.47 bits per heavy atom. The van der Waals surface area contributed by atoms with Gasteiger partial charge in [0.1, 0.15) is 5.82 Å². The maximum absolute atomic E-state index is 4.43. The zero-order valence-corrected chi connectivity index (χ0v) is 9.82. The fourth-order valence-corrected chi connectivity index (χ4v) is 1.53. The second-order valence-corrected chi connectivity index (χ2v) is 3.48. The maximum Gasteiger partial charge on any atom is 0.224 e. The number of anilines is 2. The van der Waals surface area contributed by atoms with Crippen molar-refractivity contribution < 1.29 is 0 Å². The molecule has 0 saturated heterocycles. The SMILES string of the molecule is CCCN(CCC)c1ccnc(NC)n1. The van der Waals surface area contributed by atoms with E-state index < -0.39 is 0 Å². The lowest BCUT2D eigenvalue weighted by atomic mass is 10.3. The number of nitrogens with one attached hydrogen (secondary N) is 1. The predicted molar refractivity (Wildman–Crippen MR) is 64.4 cm³/mol. The molecular formula is C11H20N4. The van der Waals surface area contributed by atoms with Crippen LogP contribution in [-0.2, 0) is 0 Å². The summed E-state index contributed by atoms with van der Waals surface area (Å²) >= 11 is 0. The maximum atomic E-state index is 4.43. The number of aromatic nitrogens is 2. The molecule has 1 aromatic rings. The van der Waals surface area contributed by atoms with Gasteiger partial charge in [-0.15, -0.1) is 0 Å². The molecule has 0 aliphatic carbocycles. The van der Waals surface area contributed by atoms with E-state index in [0.29, 0.717) is 5.95 Å². The van der Waals surface area contributed by atoms with Crippen molar-refractivity contribution in [3.05, 3.63) is 12.3 Å². The Hall–Kier alpha value is -1.32. The first-order chi connectivity index (χ1) is 7.31. The van der Waals surface area contributed by atoms with Gasteiger partial charge in [-0.25, -0.2) is 4.98 Å². The second-order valence-electron chi connectivity index (χ2n) is 3.48. The first-order valence-electron chi connectivity index (χ1n) is 5.57. The van der Waals surface area contributed by atoms with Crippen molar-refractivity contribution >= 4 is 11.8 Å². The number of hydrogen-bond acceptors (Lipinski definition) is 4. The summed E-state index contributed by atoms with van der Waals surface area (Å²) in [7, 11) is 1.84.